The van der Waals surface area contributed by atoms with Gasteiger partial charge in [-0.3, -0.25) is 4.79 Å². The number of carbonyl (C=O) groups excluding carboxylic acids is 1. The number of nitrogens with zero attached hydrogens (tertiary/aromatic N) is 1. The third-order valence-corrected chi connectivity index (χ3v) is 3.31. The number of benzene rings is 2. The number of hydrogen-bond donors (Lipinski definition) is 1. The van der Waals surface area contributed by atoms with Gasteiger partial charge in [0.15, 0.2) is 0 Å². The van der Waals surface area contributed by atoms with Crippen LogP contribution in [0.25, 0.3) is 0 Å². The van der Waals surface area contributed by atoms with Gasteiger partial charge < -0.3 is 10.6 Å². The maximum atomic E-state index is 12.2. The molecule has 2 aromatic carbocycles. The number of amides is 1. The molecule has 0 bridgehead atoms. The summed E-state index contributed by atoms with van der Waals surface area (Å²) in [6, 6.07) is 17.4. The van der Waals surface area contributed by atoms with Crippen LogP contribution in [-0.2, 0) is 6.42 Å². The van der Waals surface area contributed by atoms with Gasteiger partial charge in [0.2, 0.25) is 0 Å². The van der Waals surface area contributed by atoms with Crippen molar-refractivity contribution >= 4 is 11.6 Å². The van der Waals surface area contributed by atoms with E-state index in [2.05, 4.69) is 12.1 Å². The second-order valence-electron chi connectivity index (χ2n) is 4.94. The van der Waals surface area contributed by atoms with Crippen molar-refractivity contribution in [1.82, 2.24) is 4.90 Å². The van der Waals surface area contributed by atoms with Crippen molar-refractivity contribution in [3.05, 3.63) is 65.7 Å². The smallest absolute Gasteiger partial charge is 0.253 e. The van der Waals surface area contributed by atoms with Gasteiger partial charge in [-0.05, 0) is 42.7 Å². The Bertz CT molecular complexity index is 549. The molecule has 2 N–H and O–H groups in total. The van der Waals surface area contributed by atoms with Crippen molar-refractivity contribution in [2.24, 2.45) is 0 Å². The van der Waals surface area contributed by atoms with Gasteiger partial charge in [-0.25, -0.2) is 0 Å². The lowest BCUT2D eigenvalue weighted by Crippen LogP contribution is -2.28. The first-order chi connectivity index (χ1) is 9.66. The predicted molar refractivity (Wildman–Crippen MR) is 82.6 cm³/mol. The SMILES string of the molecule is CN(CCCc1ccccc1)C(=O)c1ccc(N)cc1. The number of hydrogen-bond acceptors (Lipinski definition) is 2. The fourth-order valence-electron chi connectivity index (χ4n) is 2.11. The van der Waals surface area contributed by atoms with Crippen molar-refractivity contribution in [2.75, 3.05) is 19.3 Å². The van der Waals surface area contributed by atoms with E-state index in [1.54, 1.807) is 29.2 Å². The highest BCUT2D eigenvalue weighted by atomic mass is 16.2. The Labute approximate surface area is 120 Å². The normalized spacial score (nSPS) is 10.2. The lowest BCUT2D eigenvalue weighted by molar-refractivity contribution is 0.0793. The second-order valence-corrected chi connectivity index (χ2v) is 4.94. The van der Waals surface area contributed by atoms with E-state index in [1.165, 1.54) is 5.56 Å². The minimum absolute atomic E-state index is 0.0399. The Morgan fingerprint density at radius 3 is 2.35 bits per heavy atom. The first-order valence-electron chi connectivity index (χ1n) is 6.82. The van der Waals surface area contributed by atoms with Crippen LogP contribution in [0.15, 0.2) is 54.6 Å². The van der Waals surface area contributed by atoms with Gasteiger partial charge in [-0.1, -0.05) is 30.3 Å². The number of rotatable bonds is 5. The monoisotopic (exact) mass is 268 g/mol. The Morgan fingerprint density at radius 2 is 1.70 bits per heavy atom. The second kappa shape index (κ2) is 6.75. The molecule has 0 aromatic heterocycles. The number of carbonyl (C=O) groups is 1. The number of aryl methyl sites for hydroxylation is 1. The van der Waals surface area contributed by atoms with Gasteiger partial charge >= 0.3 is 0 Å². The van der Waals surface area contributed by atoms with Gasteiger partial charge in [-0.15, -0.1) is 0 Å². The Kier molecular flexibility index (Phi) is 4.77. The van der Waals surface area contributed by atoms with Crippen molar-refractivity contribution in [3.63, 3.8) is 0 Å². The lowest BCUT2D eigenvalue weighted by atomic mass is 10.1. The molecule has 0 saturated carbocycles. The molecular weight excluding hydrogens is 248 g/mol. The van der Waals surface area contributed by atoms with Crippen LogP contribution in [0.1, 0.15) is 22.3 Å². The number of nitrogens with two attached hydrogens (primary N) is 1. The molecule has 0 fully saturated rings. The summed E-state index contributed by atoms with van der Waals surface area (Å²) in [5.41, 5.74) is 8.29. The fourth-order valence-corrected chi connectivity index (χ4v) is 2.11. The highest BCUT2D eigenvalue weighted by Crippen LogP contribution is 2.09. The molecule has 2 aromatic rings. The minimum atomic E-state index is 0.0399. The van der Waals surface area contributed by atoms with E-state index in [4.69, 9.17) is 5.73 Å². The van der Waals surface area contributed by atoms with E-state index in [-0.39, 0.29) is 5.91 Å². The Balaban J connectivity index is 1.84. The molecule has 0 heterocycles. The molecule has 0 aliphatic rings. The van der Waals surface area contributed by atoms with Crippen LogP contribution in [0.3, 0.4) is 0 Å². The minimum Gasteiger partial charge on any atom is -0.399 e. The van der Waals surface area contributed by atoms with Crippen LogP contribution in [0.5, 0.6) is 0 Å². The van der Waals surface area contributed by atoms with E-state index < -0.39 is 0 Å². The summed E-state index contributed by atoms with van der Waals surface area (Å²) in [6.07, 6.45) is 1.95. The molecule has 0 atom stereocenters. The van der Waals surface area contributed by atoms with E-state index in [1.807, 2.05) is 25.2 Å². The summed E-state index contributed by atoms with van der Waals surface area (Å²) in [5, 5.41) is 0. The molecule has 0 unspecified atom stereocenters. The van der Waals surface area contributed by atoms with Gasteiger partial charge in [-0.2, -0.15) is 0 Å². The average molecular weight is 268 g/mol. The van der Waals surface area contributed by atoms with Crippen LogP contribution in [-0.4, -0.2) is 24.4 Å². The zero-order valence-electron chi connectivity index (χ0n) is 11.8. The molecular formula is C17H20N2O. The van der Waals surface area contributed by atoms with Crippen molar-refractivity contribution in [3.8, 4) is 0 Å². The van der Waals surface area contributed by atoms with E-state index in [0.717, 1.165) is 19.4 Å². The van der Waals surface area contributed by atoms with E-state index in [9.17, 15) is 4.79 Å². The van der Waals surface area contributed by atoms with E-state index in [0.29, 0.717) is 11.3 Å². The number of nitrogen functional groups attached to an aromatic ring is 1. The molecule has 0 aliphatic carbocycles. The molecule has 0 radical (unpaired) electrons. The van der Waals surface area contributed by atoms with Crippen LogP contribution in [0.4, 0.5) is 5.69 Å². The molecule has 20 heavy (non-hydrogen) atoms. The van der Waals surface area contributed by atoms with Crippen molar-refractivity contribution in [1.29, 1.82) is 0 Å². The summed E-state index contributed by atoms with van der Waals surface area (Å²) in [6.45, 7) is 0.748. The first-order valence-corrected chi connectivity index (χ1v) is 6.82. The third-order valence-electron chi connectivity index (χ3n) is 3.31. The summed E-state index contributed by atoms with van der Waals surface area (Å²) >= 11 is 0. The molecule has 0 aliphatic heterocycles. The molecule has 2 rings (SSSR count). The highest BCUT2D eigenvalue weighted by Gasteiger charge is 2.10. The van der Waals surface area contributed by atoms with Gasteiger partial charge in [0.25, 0.3) is 5.91 Å². The summed E-state index contributed by atoms with van der Waals surface area (Å²) < 4.78 is 0. The predicted octanol–water partition coefficient (Wildman–Crippen LogP) is 2.97. The zero-order valence-corrected chi connectivity index (χ0v) is 11.8. The summed E-state index contributed by atoms with van der Waals surface area (Å²) in [4.78, 5) is 13.9. The van der Waals surface area contributed by atoms with Gasteiger partial charge in [0.1, 0.15) is 0 Å². The summed E-state index contributed by atoms with van der Waals surface area (Å²) in [5.74, 6) is 0.0399. The standard InChI is InChI=1S/C17H20N2O/c1-19(13-5-8-14-6-3-2-4-7-14)17(20)15-9-11-16(18)12-10-15/h2-4,6-7,9-12H,5,8,13,18H2,1H3. The quantitative estimate of drug-likeness (QED) is 0.847. The van der Waals surface area contributed by atoms with Crippen molar-refractivity contribution in [2.45, 2.75) is 12.8 Å². The maximum absolute atomic E-state index is 12.2. The first kappa shape index (κ1) is 14.1. The largest absolute Gasteiger partial charge is 0.399 e. The van der Waals surface area contributed by atoms with E-state index >= 15 is 0 Å². The Hall–Kier alpha value is -2.29. The topological polar surface area (TPSA) is 46.3 Å². The maximum Gasteiger partial charge on any atom is 0.253 e. The molecule has 1 amide bonds. The third kappa shape index (κ3) is 3.85. The lowest BCUT2D eigenvalue weighted by Gasteiger charge is -2.17. The zero-order chi connectivity index (χ0) is 14.4. The molecule has 3 nitrogen and oxygen atoms in total. The van der Waals surface area contributed by atoms with Crippen LogP contribution in [0.2, 0.25) is 0 Å². The summed E-state index contributed by atoms with van der Waals surface area (Å²) in [7, 11) is 1.84. The fraction of sp³-hybridized carbons (Fsp3) is 0.235. The molecule has 3 heteroatoms. The molecule has 0 spiro atoms. The van der Waals surface area contributed by atoms with Gasteiger partial charge in [0.05, 0.1) is 0 Å². The molecule has 0 saturated heterocycles. The Morgan fingerprint density at radius 1 is 1.05 bits per heavy atom. The van der Waals surface area contributed by atoms with Crippen LogP contribution >= 0.6 is 0 Å². The number of anilines is 1. The average Bonchev–Trinajstić information content (AvgIpc) is 2.48. The van der Waals surface area contributed by atoms with Crippen LogP contribution in [0, 0.1) is 0 Å². The van der Waals surface area contributed by atoms with Gasteiger partial charge in [0, 0.05) is 24.8 Å². The van der Waals surface area contributed by atoms with Crippen molar-refractivity contribution < 1.29 is 4.79 Å². The van der Waals surface area contributed by atoms with Crippen LogP contribution < -0.4 is 5.73 Å². The highest BCUT2D eigenvalue weighted by molar-refractivity contribution is 5.94. The molecule has 104 valence electrons.